The summed E-state index contributed by atoms with van der Waals surface area (Å²) < 4.78 is 22.4. The number of halogens is 1. The summed E-state index contributed by atoms with van der Waals surface area (Å²) in [5.74, 6) is -2.37. The number of ether oxygens (including phenoxy) is 1. The lowest BCUT2D eigenvalue weighted by molar-refractivity contribution is -0.139. The van der Waals surface area contributed by atoms with Crippen LogP contribution in [-0.2, 0) is 22.6 Å². The van der Waals surface area contributed by atoms with Crippen LogP contribution in [0, 0.1) is 5.82 Å². The number of rotatable bonds is 6. The van der Waals surface area contributed by atoms with Crippen molar-refractivity contribution < 1.29 is 23.8 Å². The monoisotopic (exact) mass is 396 g/mol. The maximum absolute atomic E-state index is 15.0. The van der Waals surface area contributed by atoms with E-state index in [0.29, 0.717) is 35.9 Å². The van der Waals surface area contributed by atoms with Crippen molar-refractivity contribution in [3.8, 4) is 5.75 Å². The first-order valence-corrected chi connectivity index (χ1v) is 9.48. The minimum atomic E-state index is -1.13. The number of fused-ring (bicyclic) bond motifs is 3. The second kappa shape index (κ2) is 7.58. The quantitative estimate of drug-likeness (QED) is 0.669. The summed E-state index contributed by atoms with van der Waals surface area (Å²) in [6, 6.07) is 12.3. The Morgan fingerprint density at radius 3 is 2.66 bits per heavy atom. The van der Waals surface area contributed by atoms with Crippen LogP contribution in [0.3, 0.4) is 0 Å². The van der Waals surface area contributed by atoms with Crippen molar-refractivity contribution in [1.29, 1.82) is 0 Å². The van der Waals surface area contributed by atoms with Gasteiger partial charge in [-0.15, -0.1) is 0 Å². The molecule has 4 rings (SSSR count). The summed E-state index contributed by atoms with van der Waals surface area (Å²) in [4.78, 5) is 23.2. The van der Waals surface area contributed by atoms with Gasteiger partial charge >= 0.3 is 5.97 Å². The van der Waals surface area contributed by atoms with Gasteiger partial charge in [-0.2, -0.15) is 0 Å². The van der Waals surface area contributed by atoms with E-state index < -0.39 is 30.2 Å². The zero-order valence-electron chi connectivity index (χ0n) is 15.7. The Bertz CT molecular complexity index is 1090. The Morgan fingerprint density at radius 1 is 1.21 bits per heavy atom. The highest BCUT2D eigenvalue weighted by Crippen LogP contribution is 2.44. The molecular weight excluding hydrogens is 375 g/mol. The predicted molar refractivity (Wildman–Crippen MR) is 105 cm³/mol. The molecule has 1 amide bonds. The highest BCUT2D eigenvalue weighted by atomic mass is 19.1. The van der Waals surface area contributed by atoms with Crippen LogP contribution in [-0.4, -0.2) is 28.2 Å². The van der Waals surface area contributed by atoms with E-state index in [1.807, 2.05) is 34.9 Å². The number of hydrogen-bond donors (Lipinski definition) is 2. The summed E-state index contributed by atoms with van der Waals surface area (Å²) in [7, 11) is 0. The summed E-state index contributed by atoms with van der Waals surface area (Å²) in [6.45, 7) is -0.127. The summed E-state index contributed by atoms with van der Waals surface area (Å²) in [5.41, 5.74) is 8.49. The van der Waals surface area contributed by atoms with Crippen molar-refractivity contribution in [3.63, 3.8) is 0 Å². The molecule has 0 fully saturated rings. The van der Waals surface area contributed by atoms with E-state index in [9.17, 15) is 9.59 Å². The van der Waals surface area contributed by atoms with Crippen LogP contribution in [0.25, 0.3) is 10.9 Å². The second-order valence-electron chi connectivity index (χ2n) is 7.23. The van der Waals surface area contributed by atoms with Gasteiger partial charge in [0.15, 0.2) is 6.61 Å². The number of amides is 1. The van der Waals surface area contributed by atoms with Crippen LogP contribution in [0.15, 0.2) is 42.5 Å². The zero-order valence-corrected chi connectivity index (χ0v) is 15.7. The topological polar surface area (TPSA) is 94.6 Å². The third-order valence-electron chi connectivity index (χ3n) is 5.40. The maximum atomic E-state index is 15.0. The van der Waals surface area contributed by atoms with Crippen LogP contribution in [0.1, 0.15) is 35.6 Å². The van der Waals surface area contributed by atoms with Gasteiger partial charge in [0.2, 0.25) is 5.91 Å². The smallest absolute Gasteiger partial charge is 0.341 e. The fraction of sp³-hybridized carbons (Fsp3) is 0.273. The van der Waals surface area contributed by atoms with Crippen LogP contribution < -0.4 is 10.5 Å². The fourth-order valence-electron chi connectivity index (χ4n) is 4.24. The second-order valence-corrected chi connectivity index (χ2v) is 7.23. The summed E-state index contributed by atoms with van der Waals surface area (Å²) in [6.07, 6.45) is 2.01. The number of aromatic nitrogens is 1. The molecule has 150 valence electrons. The molecule has 0 radical (unpaired) electrons. The molecule has 3 N–H and O–H groups in total. The number of nitrogens with two attached hydrogens (primary N) is 1. The van der Waals surface area contributed by atoms with Crippen LogP contribution in [0.5, 0.6) is 5.75 Å². The van der Waals surface area contributed by atoms with Crippen LogP contribution in [0.2, 0.25) is 0 Å². The molecule has 1 unspecified atom stereocenters. The highest BCUT2D eigenvalue weighted by Gasteiger charge is 2.33. The normalized spacial score (nSPS) is 15.8. The molecule has 1 aliphatic carbocycles. The van der Waals surface area contributed by atoms with Crippen LogP contribution in [0.4, 0.5) is 4.39 Å². The Balaban J connectivity index is 1.98. The number of carbonyl (C=O) groups is 2. The molecule has 0 saturated carbocycles. The Hall–Kier alpha value is -3.35. The van der Waals surface area contributed by atoms with E-state index in [1.54, 1.807) is 0 Å². The van der Waals surface area contributed by atoms with E-state index in [4.69, 9.17) is 15.6 Å². The van der Waals surface area contributed by atoms with Crippen LogP contribution >= 0.6 is 0 Å². The fourth-order valence-corrected chi connectivity index (χ4v) is 4.24. The first-order chi connectivity index (χ1) is 14.0. The minimum absolute atomic E-state index is 0.250. The van der Waals surface area contributed by atoms with Gasteiger partial charge in [-0.25, -0.2) is 9.18 Å². The summed E-state index contributed by atoms with van der Waals surface area (Å²) >= 11 is 0. The van der Waals surface area contributed by atoms with E-state index in [2.05, 4.69) is 0 Å². The molecule has 0 spiro atoms. The van der Waals surface area contributed by atoms with Gasteiger partial charge in [-0.1, -0.05) is 30.3 Å². The summed E-state index contributed by atoms with van der Waals surface area (Å²) in [5, 5.41) is 9.45. The molecule has 2 aromatic carbocycles. The highest BCUT2D eigenvalue weighted by molar-refractivity contribution is 5.97. The lowest BCUT2D eigenvalue weighted by Gasteiger charge is -2.22. The number of hydrogen-bond acceptors (Lipinski definition) is 3. The molecule has 3 aromatic rings. The molecular formula is C22H21FN2O4. The minimum Gasteiger partial charge on any atom is -0.481 e. The Kier molecular flexibility index (Phi) is 4.96. The molecule has 29 heavy (non-hydrogen) atoms. The molecule has 1 atom stereocenters. The van der Waals surface area contributed by atoms with Gasteiger partial charge in [0.05, 0.1) is 11.4 Å². The van der Waals surface area contributed by atoms with Crippen molar-refractivity contribution >= 4 is 22.8 Å². The molecule has 6 nitrogen and oxygen atoms in total. The maximum Gasteiger partial charge on any atom is 0.341 e. The molecule has 0 bridgehead atoms. The Labute approximate surface area is 166 Å². The van der Waals surface area contributed by atoms with Crippen molar-refractivity contribution in [2.45, 2.75) is 31.7 Å². The van der Waals surface area contributed by atoms with Gasteiger partial charge < -0.3 is 20.1 Å². The molecule has 1 aromatic heterocycles. The average Bonchev–Trinajstić information content (AvgIpc) is 3.03. The lowest BCUT2D eigenvalue weighted by Crippen LogP contribution is -2.25. The van der Waals surface area contributed by atoms with Crippen molar-refractivity contribution in [2.75, 3.05) is 6.61 Å². The number of primary amides is 1. The predicted octanol–water partition coefficient (Wildman–Crippen LogP) is 3.20. The average molecular weight is 396 g/mol. The first-order valence-electron chi connectivity index (χ1n) is 9.48. The third kappa shape index (κ3) is 3.44. The molecule has 1 heterocycles. The van der Waals surface area contributed by atoms with E-state index in [1.165, 1.54) is 12.1 Å². The lowest BCUT2D eigenvalue weighted by atomic mass is 9.84. The standard InChI is InChI=1S/C22H21FN2O4/c23-15-9-10-17(29-12-18(26)27)20-19-14(22(24)28)7-4-8-16(19)25(21(15)20)11-13-5-2-1-3-6-13/h1-3,5-6,9-10,14H,4,7-8,11-12H2,(H2,24,28)(H,26,27). The number of carboxylic acids is 1. The van der Waals surface area contributed by atoms with E-state index >= 15 is 4.39 Å². The number of nitrogens with zero attached hydrogens (tertiary/aromatic N) is 1. The van der Waals surface area contributed by atoms with E-state index in [-0.39, 0.29) is 5.75 Å². The molecule has 0 aliphatic heterocycles. The Morgan fingerprint density at radius 2 is 1.97 bits per heavy atom. The third-order valence-corrected chi connectivity index (χ3v) is 5.40. The van der Waals surface area contributed by atoms with Gasteiger partial charge in [0, 0.05) is 17.6 Å². The number of aliphatic carboxylic acids is 1. The van der Waals surface area contributed by atoms with Gasteiger partial charge in [-0.05, 0) is 42.5 Å². The van der Waals surface area contributed by atoms with Gasteiger partial charge in [0.1, 0.15) is 11.6 Å². The number of benzene rings is 2. The van der Waals surface area contributed by atoms with Crippen molar-refractivity contribution in [2.24, 2.45) is 5.73 Å². The molecule has 0 saturated heterocycles. The van der Waals surface area contributed by atoms with E-state index in [0.717, 1.165) is 17.7 Å². The first kappa shape index (κ1) is 19.0. The van der Waals surface area contributed by atoms with Gasteiger partial charge in [0.25, 0.3) is 0 Å². The largest absolute Gasteiger partial charge is 0.481 e. The zero-order chi connectivity index (χ0) is 20.5. The van der Waals surface area contributed by atoms with Gasteiger partial charge in [-0.3, -0.25) is 4.79 Å². The van der Waals surface area contributed by atoms with Crippen molar-refractivity contribution in [3.05, 3.63) is 65.1 Å². The SMILES string of the molecule is NC(=O)C1CCCc2c1c1c(OCC(=O)O)ccc(F)c1n2Cc1ccccc1. The molecule has 1 aliphatic rings. The number of carboxylic acid groups (broad SMARTS) is 1. The molecule has 7 heteroatoms. The number of carbonyl (C=O) groups excluding carboxylic acids is 1. The van der Waals surface area contributed by atoms with Crippen molar-refractivity contribution in [1.82, 2.24) is 4.57 Å².